The standard InChI is InChI=1S/C16H25FN2/c1-4-15(18)16(13-7-5-6-8-14(13)17)19-10-11(2)9-12(19)3/h5-8,11-12,15-16H,4,9-10,18H2,1-3H3. The van der Waals surface area contributed by atoms with E-state index in [1.807, 2.05) is 12.1 Å². The highest BCUT2D eigenvalue weighted by molar-refractivity contribution is 5.23. The normalized spacial score (nSPS) is 27.4. The van der Waals surface area contributed by atoms with Gasteiger partial charge in [0.25, 0.3) is 0 Å². The van der Waals surface area contributed by atoms with Crippen molar-refractivity contribution < 1.29 is 4.39 Å². The van der Waals surface area contributed by atoms with Crippen molar-refractivity contribution in [1.82, 2.24) is 4.90 Å². The molecular weight excluding hydrogens is 239 g/mol. The van der Waals surface area contributed by atoms with Gasteiger partial charge >= 0.3 is 0 Å². The summed E-state index contributed by atoms with van der Waals surface area (Å²) in [5.74, 6) is 0.525. The molecule has 0 aliphatic carbocycles. The van der Waals surface area contributed by atoms with Crippen molar-refractivity contribution in [3.63, 3.8) is 0 Å². The van der Waals surface area contributed by atoms with E-state index in [9.17, 15) is 4.39 Å². The maximum absolute atomic E-state index is 14.1. The molecule has 1 fully saturated rings. The van der Waals surface area contributed by atoms with Crippen LogP contribution in [0.1, 0.15) is 45.2 Å². The van der Waals surface area contributed by atoms with E-state index in [-0.39, 0.29) is 17.9 Å². The molecule has 1 aromatic rings. The van der Waals surface area contributed by atoms with Gasteiger partial charge in [0.2, 0.25) is 0 Å². The summed E-state index contributed by atoms with van der Waals surface area (Å²) in [6.07, 6.45) is 2.03. The van der Waals surface area contributed by atoms with Crippen LogP contribution in [0.4, 0.5) is 4.39 Å². The van der Waals surface area contributed by atoms with Crippen LogP contribution >= 0.6 is 0 Å². The first-order valence-corrected chi connectivity index (χ1v) is 7.30. The van der Waals surface area contributed by atoms with Crippen LogP contribution in [-0.2, 0) is 0 Å². The van der Waals surface area contributed by atoms with Gasteiger partial charge in [-0.05, 0) is 31.7 Å². The highest BCUT2D eigenvalue weighted by Crippen LogP contribution is 2.35. The zero-order valence-corrected chi connectivity index (χ0v) is 12.1. The molecule has 0 spiro atoms. The number of halogens is 1. The van der Waals surface area contributed by atoms with Crippen LogP contribution in [0.5, 0.6) is 0 Å². The third-order valence-electron chi connectivity index (χ3n) is 4.29. The van der Waals surface area contributed by atoms with Gasteiger partial charge in [0.15, 0.2) is 0 Å². The number of nitrogens with zero attached hydrogens (tertiary/aromatic N) is 1. The summed E-state index contributed by atoms with van der Waals surface area (Å²) in [6.45, 7) is 7.56. The molecule has 1 aliphatic heterocycles. The number of hydrogen-bond donors (Lipinski definition) is 1. The minimum atomic E-state index is -0.136. The summed E-state index contributed by atoms with van der Waals surface area (Å²) in [5, 5.41) is 0. The molecule has 4 atom stereocenters. The zero-order valence-electron chi connectivity index (χ0n) is 12.1. The van der Waals surface area contributed by atoms with E-state index in [2.05, 4.69) is 25.7 Å². The first-order chi connectivity index (χ1) is 9.04. The van der Waals surface area contributed by atoms with Crippen molar-refractivity contribution in [3.05, 3.63) is 35.6 Å². The minimum Gasteiger partial charge on any atom is -0.326 e. The molecule has 0 aromatic heterocycles. The average Bonchev–Trinajstić information content (AvgIpc) is 2.71. The molecule has 0 saturated carbocycles. The molecule has 106 valence electrons. The van der Waals surface area contributed by atoms with Crippen LogP contribution < -0.4 is 5.73 Å². The van der Waals surface area contributed by atoms with Crippen LogP contribution in [0.15, 0.2) is 24.3 Å². The Bertz CT molecular complexity index is 421. The summed E-state index contributed by atoms with van der Waals surface area (Å²) < 4.78 is 14.1. The van der Waals surface area contributed by atoms with Crippen LogP contribution in [0.25, 0.3) is 0 Å². The summed E-state index contributed by atoms with van der Waals surface area (Å²) in [5.41, 5.74) is 7.05. The topological polar surface area (TPSA) is 29.3 Å². The van der Waals surface area contributed by atoms with Crippen molar-refractivity contribution in [2.75, 3.05) is 6.54 Å². The lowest BCUT2D eigenvalue weighted by atomic mass is 9.95. The smallest absolute Gasteiger partial charge is 0.128 e. The maximum atomic E-state index is 14.1. The fraction of sp³-hybridized carbons (Fsp3) is 0.625. The Morgan fingerprint density at radius 3 is 2.58 bits per heavy atom. The summed E-state index contributed by atoms with van der Waals surface area (Å²) in [4.78, 5) is 2.39. The van der Waals surface area contributed by atoms with Crippen molar-refractivity contribution >= 4 is 0 Å². The number of nitrogens with two attached hydrogens (primary N) is 1. The van der Waals surface area contributed by atoms with E-state index >= 15 is 0 Å². The highest BCUT2D eigenvalue weighted by atomic mass is 19.1. The van der Waals surface area contributed by atoms with Crippen LogP contribution in [-0.4, -0.2) is 23.5 Å². The summed E-state index contributed by atoms with van der Waals surface area (Å²) in [6, 6.07) is 7.49. The number of benzene rings is 1. The van der Waals surface area contributed by atoms with E-state index in [0.717, 1.165) is 18.5 Å². The molecule has 1 heterocycles. The second kappa shape index (κ2) is 6.02. The Morgan fingerprint density at radius 1 is 1.37 bits per heavy atom. The fourth-order valence-electron chi connectivity index (χ4n) is 3.31. The van der Waals surface area contributed by atoms with E-state index in [0.29, 0.717) is 12.0 Å². The van der Waals surface area contributed by atoms with Gasteiger partial charge in [-0.25, -0.2) is 4.39 Å². The fourth-order valence-corrected chi connectivity index (χ4v) is 3.31. The second-order valence-corrected chi connectivity index (χ2v) is 5.93. The SMILES string of the molecule is CCC(N)C(c1ccccc1F)N1CC(C)CC1C. The third-order valence-corrected chi connectivity index (χ3v) is 4.29. The van der Waals surface area contributed by atoms with Gasteiger partial charge in [0.1, 0.15) is 5.82 Å². The van der Waals surface area contributed by atoms with E-state index < -0.39 is 0 Å². The Hall–Kier alpha value is -0.930. The molecule has 3 heteroatoms. The number of likely N-dealkylation sites (tertiary alicyclic amines) is 1. The van der Waals surface area contributed by atoms with Crippen molar-refractivity contribution in [2.24, 2.45) is 11.7 Å². The molecule has 2 nitrogen and oxygen atoms in total. The first kappa shape index (κ1) is 14.5. The Labute approximate surface area is 115 Å². The van der Waals surface area contributed by atoms with Crippen molar-refractivity contribution in [2.45, 2.75) is 51.7 Å². The third kappa shape index (κ3) is 2.98. The molecule has 2 rings (SSSR count). The lowest BCUT2D eigenvalue weighted by molar-refractivity contribution is 0.156. The van der Waals surface area contributed by atoms with Crippen LogP contribution in [0.2, 0.25) is 0 Å². The first-order valence-electron chi connectivity index (χ1n) is 7.30. The van der Waals surface area contributed by atoms with Gasteiger partial charge in [-0.15, -0.1) is 0 Å². The Morgan fingerprint density at radius 2 is 2.05 bits per heavy atom. The average molecular weight is 264 g/mol. The molecule has 1 saturated heterocycles. The molecule has 1 aromatic carbocycles. The lowest BCUT2D eigenvalue weighted by Crippen LogP contribution is -2.43. The number of rotatable bonds is 4. The molecule has 0 bridgehead atoms. The van der Waals surface area contributed by atoms with Crippen molar-refractivity contribution in [1.29, 1.82) is 0 Å². The zero-order chi connectivity index (χ0) is 14.0. The maximum Gasteiger partial charge on any atom is 0.128 e. The Kier molecular flexibility index (Phi) is 4.58. The molecule has 19 heavy (non-hydrogen) atoms. The van der Waals surface area contributed by atoms with Gasteiger partial charge in [0, 0.05) is 24.2 Å². The second-order valence-electron chi connectivity index (χ2n) is 5.93. The minimum absolute atomic E-state index is 0.00819. The quantitative estimate of drug-likeness (QED) is 0.903. The lowest BCUT2D eigenvalue weighted by Gasteiger charge is -2.35. The largest absolute Gasteiger partial charge is 0.326 e. The predicted octanol–water partition coefficient (Wildman–Crippen LogP) is 3.33. The summed E-state index contributed by atoms with van der Waals surface area (Å²) >= 11 is 0. The molecular formula is C16H25FN2. The van der Waals surface area contributed by atoms with Crippen molar-refractivity contribution in [3.8, 4) is 0 Å². The van der Waals surface area contributed by atoms with Gasteiger partial charge in [-0.1, -0.05) is 32.0 Å². The van der Waals surface area contributed by atoms with E-state index in [1.54, 1.807) is 6.07 Å². The molecule has 0 radical (unpaired) electrons. The van der Waals surface area contributed by atoms with Gasteiger partial charge < -0.3 is 5.73 Å². The van der Waals surface area contributed by atoms with E-state index in [1.165, 1.54) is 12.5 Å². The van der Waals surface area contributed by atoms with Gasteiger partial charge in [0.05, 0.1) is 6.04 Å². The molecule has 0 amide bonds. The molecule has 2 N–H and O–H groups in total. The van der Waals surface area contributed by atoms with Gasteiger partial charge in [-0.2, -0.15) is 0 Å². The van der Waals surface area contributed by atoms with Crippen LogP contribution in [0.3, 0.4) is 0 Å². The Balaban J connectivity index is 2.34. The predicted molar refractivity (Wildman–Crippen MR) is 77.4 cm³/mol. The van der Waals surface area contributed by atoms with Gasteiger partial charge in [-0.3, -0.25) is 4.90 Å². The summed E-state index contributed by atoms with van der Waals surface area (Å²) in [7, 11) is 0. The molecule has 1 aliphatic rings. The molecule has 4 unspecified atom stereocenters. The highest BCUT2D eigenvalue weighted by Gasteiger charge is 2.36. The number of hydrogen-bond acceptors (Lipinski definition) is 2. The monoisotopic (exact) mass is 264 g/mol. The van der Waals surface area contributed by atoms with Crippen LogP contribution in [0, 0.1) is 11.7 Å². The van der Waals surface area contributed by atoms with E-state index in [4.69, 9.17) is 5.73 Å².